The van der Waals surface area contributed by atoms with E-state index >= 15 is 0 Å². The number of esters is 2. The molecule has 0 radical (unpaired) electrons. The van der Waals surface area contributed by atoms with Crippen molar-refractivity contribution in [3.63, 3.8) is 0 Å². The number of ether oxygens (including phenoxy) is 2. The topological polar surface area (TPSA) is 108 Å². The molecule has 43 heavy (non-hydrogen) atoms. The largest absolute Gasteiger partial charge is 0.472 e. The summed E-state index contributed by atoms with van der Waals surface area (Å²) in [6, 6.07) is 0. The summed E-state index contributed by atoms with van der Waals surface area (Å²) in [7, 11) is 1.48. The van der Waals surface area contributed by atoms with Crippen molar-refractivity contribution in [3.05, 3.63) is 0 Å². The van der Waals surface area contributed by atoms with E-state index in [4.69, 9.17) is 18.5 Å². The van der Waals surface area contributed by atoms with Gasteiger partial charge in [-0.1, -0.05) is 123 Å². The van der Waals surface area contributed by atoms with Gasteiger partial charge in [0.15, 0.2) is 6.10 Å². The Morgan fingerprint density at radius 1 is 0.628 bits per heavy atom. The molecule has 0 spiro atoms. The Kier molecular flexibility index (Phi) is 26.7. The van der Waals surface area contributed by atoms with Crippen LogP contribution in [-0.4, -0.2) is 74.9 Å². The molecule has 0 amide bonds. The minimum Gasteiger partial charge on any atom is -0.462 e. The summed E-state index contributed by atoms with van der Waals surface area (Å²) >= 11 is 0. The minimum atomic E-state index is -4.35. The van der Waals surface area contributed by atoms with Crippen LogP contribution in [0, 0.1) is 0 Å². The maximum atomic E-state index is 12.5. The molecule has 0 aromatic rings. The van der Waals surface area contributed by atoms with Crippen molar-refractivity contribution < 1.29 is 42.1 Å². The van der Waals surface area contributed by atoms with E-state index in [9.17, 15) is 19.0 Å². The molecule has 0 aromatic carbocycles. The highest BCUT2D eigenvalue weighted by atomic mass is 31.2. The van der Waals surface area contributed by atoms with Gasteiger partial charge >= 0.3 is 19.8 Å². The van der Waals surface area contributed by atoms with Crippen LogP contribution in [0.2, 0.25) is 0 Å². The average Bonchev–Trinajstić information content (AvgIpc) is 2.93. The molecule has 0 saturated carbocycles. The number of likely N-dealkylation sites (N-methyl/N-ethyl adjacent to an activating group) is 1. The highest BCUT2D eigenvalue weighted by Crippen LogP contribution is 2.43. The first-order valence-electron chi connectivity index (χ1n) is 17.3. The molecule has 0 aliphatic heterocycles. The number of hydrogen-bond acceptors (Lipinski definition) is 7. The van der Waals surface area contributed by atoms with Crippen LogP contribution in [0.4, 0.5) is 0 Å². The summed E-state index contributed by atoms with van der Waals surface area (Å²) in [5, 5.41) is 0. The first-order valence-corrected chi connectivity index (χ1v) is 18.8. The number of carbonyl (C=O) groups excluding carboxylic acids is 2. The monoisotopic (exact) mass is 636 g/mol. The Morgan fingerprint density at radius 2 is 1.05 bits per heavy atom. The number of nitrogens with zero attached hydrogens (tertiary/aromatic N) is 1. The van der Waals surface area contributed by atoms with Gasteiger partial charge in [-0.05, 0) is 12.8 Å². The van der Waals surface area contributed by atoms with Crippen LogP contribution in [0.3, 0.4) is 0 Å². The van der Waals surface area contributed by atoms with Gasteiger partial charge in [0.1, 0.15) is 19.8 Å². The Balaban J connectivity index is 4.46. The highest BCUT2D eigenvalue weighted by Gasteiger charge is 2.27. The van der Waals surface area contributed by atoms with E-state index in [-0.39, 0.29) is 25.6 Å². The maximum absolute atomic E-state index is 12.5. The number of carbonyl (C=O) groups is 2. The number of rotatable bonds is 31. The summed E-state index contributed by atoms with van der Waals surface area (Å²) in [4.78, 5) is 34.9. The normalized spacial score (nSPS) is 13.9. The quantitative estimate of drug-likeness (QED) is 0.0349. The second kappa shape index (κ2) is 27.3. The lowest BCUT2D eigenvalue weighted by Gasteiger charge is -2.24. The van der Waals surface area contributed by atoms with Crippen molar-refractivity contribution in [2.45, 2.75) is 155 Å². The molecule has 0 aliphatic rings. The summed E-state index contributed by atoms with van der Waals surface area (Å²) in [5.74, 6) is -0.801. The first kappa shape index (κ1) is 42.0. The molecule has 10 heteroatoms. The Labute approximate surface area is 264 Å². The molecule has 0 bridgehead atoms. The second-order valence-corrected chi connectivity index (χ2v) is 14.4. The molecule has 256 valence electrons. The standard InChI is InChI=1S/C33H66NO8P/c1-6-8-10-12-14-15-16-17-18-20-22-24-26-33(36)42-31(30-41-43(37,38)40-28-27-34(3,4)5)29-39-32(35)25-23-21-19-13-11-9-7-2/h31H,6-30H2,1-5H3/p+1/t31-/m0/s1. The van der Waals surface area contributed by atoms with Crippen molar-refractivity contribution in [3.8, 4) is 0 Å². The lowest BCUT2D eigenvalue weighted by molar-refractivity contribution is -0.870. The van der Waals surface area contributed by atoms with Crippen LogP contribution in [0.1, 0.15) is 149 Å². The van der Waals surface area contributed by atoms with E-state index < -0.39 is 26.5 Å². The maximum Gasteiger partial charge on any atom is 0.472 e. The third-order valence-electron chi connectivity index (χ3n) is 7.39. The summed E-state index contributed by atoms with van der Waals surface area (Å²) < 4.78 is 33.9. The van der Waals surface area contributed by atoms with Crippen molar-refractivity contribution in [2.75, 3.05) is 47.5 Å². The van der Waals surface area contributed by atoms with Gasteiger partial charge in [-0.3, -0.25) is 18.6 Å². The molecule has 0 saturated heterocycles. The van der Waals surface area contributed by atoms with E-state index in [2.05, 4.69) is 13.8 Å². The van der Waals surface area contributed by atoms with E-state index in [1.54, 1.807) is 0 Å². The van der Waals surface area contributed by atoms with Crippen molar-refractivity contribution in [1.29, 1.82) is 0 Å². The zero-order valence-electron chi connectivity index (χ0n) is 28.5. The highest BCUT2D eigenvalue weighted by molar-refractivity contribution is 7.47. The number of phosphoric ester groups is 1. The summed E-state index contributed by atoms with van der Waals surface area (Å²) in [6.45, 7) is 4.36. The molecular weight excluding hydrogens is 569 g/mol. The smallest absolute Gasteiger partial charge is 0.462 e. The molecule has 0 heterocycles. The van der Waals surface area contributed by atoms with Crippen molar-refractivity contribution >= 4 is 19.8 Å². The van der Waals surface area contributed by atoms with Crippen LogP contribution in [0.25, 0.3) is 0 Å². The molecule has 9 nitrogen and oxygen atoms in total. The van der Waals surface area contributed by atoms with Crippen LogP contribution in [-0.2, 0) is 32.7 Å². The van der Waals surface area contributed by atoms with Crippen LogP contribution in [0.15, 0.2) is 0 Å². The number of unbranched alkanes of at least 4 members (excludes halogenated alkanes) is 17. The zero-order chi connectivity index (χ0) is 32.2. The number of quaternary nitrogens is 1. The van der Waals surface area contributed by atoms with Crippen LogP contribution < -0.4 is 0 Å². The first-order chi connectivity index (χ1) is 20.5. The lowest BCUT2D eigenvalue weighted by Crippen LogP contribution is -2.37. The van der Waals surface area contributed by atoms with Crippen LogP contribution in [0.5, 0.6) is 0 Å². The molecule has 0 fully saturated rings. The van der Waals surface area contributed by atoms with E-state index in [0.717, 1.165) is 32.1 Å². The SMILES string of the molecule is CCCCCCCCCCCCCCC(=O)O[C@@H](COC(=O)CCCCCCCCC)COP(=O)(O)OCC[N+](C)(C)C. The molecule has 0 aliphatic carbocycles. The van der Waals surface area contributed by atoms with Gasteiger partial charge in [-0.15, -0.1) is 0 Å². The Hall–Kier alpha value is -0.990. The van der Waals surface area contributed by atoms with Gasteiger partial charge in [0.25, 0.3) is 0 Å². The third kappa shape index (κ3) is 30.8. The fourth-order valence-electron chi connectivity index (χ4n) is 4.60. The predicted octanol–water partition coefficient (Wildman–Crippen LogP) is 8.51. The third-order valence-corrected chi connectivity index (χ3v) is 8.37. The molecular formula is C33H67NO8P+. The summed E-state index contributed by atoms with van der Waals surface area (Å²) in [6.07, 6.45) is 21.6. The van der Waals surface area contributed by atoms with E-state index in [1.807, 2.05) is 21.1 Å². The van der Waals surface area contributed by atoms with Gasteiger partial charge in [0.05, 0.1) is 27.7 Å². The van der Waals surface area contributed by atoms with Gasteiger partial charge in [0.2, 0.25) is 0 Å². The minimum absolute atomic E-state index is 0.0358. The number of hydrogen-bond donors (Lipinski definition) is 1. The van der Waals surface area contributed by atoms with Crippen molar-refractivity contribution in [2.24, 2.45) is 0 Å². The molecule has 1 unspecified atom stereocenters. The fraction of sp³-hybridized carbons (Fsp3) is 0.939. The molecule has 0 aromatic heterocycles. The summed E-state index contributed by atoms with van der Waals surface area (Å²) in [5.41, 5.74) is 0. The van der Waals surface area contributed by atoms with E-state index in [0.29, 0.717) is 23.9 Å². The zero-order valence-corrected chi connectivity index (χ0v) is 29.3. The Bertz CT molecular complexity index is 728. The predicted molar refractivity (Wildman–Crippen MR) is 174 cm³/mol. The van der Waals surface area contributed by atoms with Crippen LogP contribution >= 0.6 is 7.82 Å². The van der Waals surface area contributed by atoms with Crippen molar-refractivity contribution in [1.82, 2.24) is 0 Å². The second-order valence-electron chi connectivity index (χ2n) is 12.9. The molecule has 1 N–H and O–H groups in total. The molecule has 2 atom stereocenters. The number of phosphoric acid groups is 1. The molecule has 0 rings (SSSR count). The lowest BCUT2D eigenvalue weighted by atomic mass is 10.0. The van der Waals surface area contributed by atoms with Gasteiger partial charge in [0, 0.05) is 12.8 Å². The Morgan fingerprint density at radius 3 is 1.49 bits per heavy atom. The van der Waals surface area contributed by atoms with Gasteiger partial charge in [-0.25, -0.2) is 4.57 Å². The van der Waals surface area contributed by atoms with Gasteiger partial charge < -0.3 is 18.9 Å². The fourth-order valence-corrected chi connectivity index (χ4v) is 5.34. The average molecular weight is 637 g/mol. The van der Waals surface area contributed by atoms with E-state index in [1.165, 1.54) is 83.5 Å². The van der Waals surface area contributed by atoms with Gasteiger partial charge in [-0.2, -0.15) is 0 Å².